The van der Waals surface area contributed by atoms with Crippen LogP contribution in [0.3, 0.4) is 0 Å². The van der Waals surface area contributed by atoms with Crippen LogP contribution in [0.25, 0.3) is 0 Å². The molecule has 0 unspecified atom stereocenters. The highest BCUT2D eigenvalue weighted by molar-refractivity contribution is 6.31. The largest absolute Gasteiger partial charge is 0.345 e. The number of hydrazine groups is 1. The van der Waals surface area contributed by atoms with Crippen LogP contribution in [-0.2, 0) is 10.3 Å². The van der Waals surface area contributed by atoms with Crippen LogP contribution in [0.4, 0.5) is 19.1 Å². The predicted octanol–water partition coefficient (Wildman–Crippen LogP) is 2.79. The van der Waals surface area contributed by atoms with Crippen molar-refractivity contribution in [1.29, 1.82) is 0 Å². The van der Waals surface area contributed by atoms with Gasteiger partial charge >= 0.3 is 12.3 Å². The zero-order chi connectivity index (χ0) is 20.3. The van der Waals surface area contributed by atoms with Gasteiger partial charge in [0.2, 0.25) is 5.95 Å². The number of alkyl halides is 2. The van der Waals surface area contributed by atoms with Crippen LogP contribution >= 0.6 is 11.6 Å². The molecule has 2 amide bonds. The van der Waals surface area contributed by atoms with E-state index in [2.05, 4.69) is 15.3 Å². The Morgan fingerprint density at radius 1 is 1.14 bits per heavy atom. The van der Waals surface area contributed by atoms with Gasteiger partial charge in [-0.3, -0.25) is 20.4 Å². The minimum absolute atomic E-state index is 0.0393. The second-order valence-corrected chi connectivity index (χ2v) is 6.63. The molecule has 1 aliphatic rings. The normalized spacial score (nSPS) is 14.9. The van der Waals surface area contributed by atoms with Gasteiger partial charge in [-0.15, -0.1) is 0 Å². The number of nitrogens with one attached hydrogen (secondary N) is 3. The summed E-state index contributed by atoms with van der Waals surface area (Å²) < 4.78 is 37.5. The van der Waals surface area contributed by atoms with Gasteiger partial charge in [-0.2, -0.15) is 8.78 Å². The highest BCUT2D eigenvalue weighted by Gasteiger charge is 2.40. The molecule has 1 heterocycles. The Labute approximate surface area is 162 Å². The van der Waals surface area contributed by atoms with Crippen LogP contribution in [0, 0.1) is 5.82 Å². The first-order chi connectivity index (χ1) is 13.3. The molecule has 3 rings (SSSR count). The van der Waals surface area contributed by atoms with Gasteiger partial charge in [0, 0.05) is 17.4 Å². The van der Waals surface area contributed by atoms with Gasteiger partial charge in [-0.1, -0.05) is 17.7 Å². The number of aromatic nitrogens is 2. The van der Waals surface area contributed by atoms with E-state index in [1.807, 2.05) is 5.43 Å². The summed E-state index contributed by atoms with van der Waals surface area (Å²) in [7, 11) is 0. The smallest absolute Gasteiger partial charge is 0.317 e. The first-order valence-electron chi connectivity index (χ1n) is 8.25. The van der Waals surface area contributed by atoms with Gasteiger partial charge in [-0.25, -0.2) is 14.4 Å². The molecule has 0 bridgehead atoms. The number of carbonyl (C=O) groups is 2. The second-order valence-electron chi connectivity index (χ2n) is 6.22. The molecule has 148 valence electrons. The number of benzene rings is 1. The van der Waals surface area contributed by atoms with E-state index in [1.165, 1.54) is 24.5 Å². The Morgan fingerprint density at radius 3 is 2.36 bits per heavy atom. The molecule has 2 aromatic rings. The van der Waals surface area contributed by atoms with Crippen molar-refractivity contribution >= 4 is 29.4 Å². The van der Waals surface area contributed by atoms with Crippen LogP contribution in [0.15, 0.2) is 30.6 Å². The molecule has 7 nitrogen and oxygen atoms in total. The van der Waals surface area contributed by atoms with Crippen molar-refractivity contribution in [2.24, 2.45) is 0 Å². The number of hydrogen-bond donors (Lipinski definition) is 3. The summed E-state index contributed by atoms with van der Waals surface area (Å²) in [6.07, 6.45) is 1.52. The zero-order valence-corrected chi connectivity index (χ0v) is 15.1. The molecular weight excluding hydrogens is 399 g/mol. The van der Waals surface area contributed by atoms with Crippen molar-refractivity contribution in [3.63, 3.8) is 0 Å². The summed E-state index contributed by atoms with van der Waals surface area (Å²) in [5.41, 5.74) is 3.56. The van der Waals surface area contributed by atoms with E-state index in [0.29, 0.717) is 0 Å². The maximum absolute atomic E-state index is 13.3. The fourth-order valence-corrected chi connectivity index (χ4v) is 3.19. The lowest BCUT2D eigenvalue weighted by molar-refractivity contribution is -0.132. The van der Waals surface area contributed by atoms with Crippen LogP contribution in [0.5, 0.6) is 0 Å². The molecular formula is C17H15ClF3N5O2. The van der Waals surface area contributed by atoms with Crippen molar-refractivity contribution < 1.29 is 22.8 Å². The molecule has 1 saturated carbocycles. The van der Waals surface area contributed by atoms with Crippen molar-refractivity contribution in [3.05, 3.63) is 52.6 Å². The van der Waals surface area contributed by atoms with E-state index in [0.717, 1.165) is 24.8 Å². The summed E-state index contributed by atoms with van der Waals surface area (Å²) in [5.74, 6) is -2.70. The summed E-state index contributed by atoms with van der Waals surface area (Å²) in [5, 5.41) is 3.46. The van der Waals surface area contributed by atoms with Crippen LogP contribution in [0.2, 0.25) is 5.02 Å². The second kappa shape index (κ2) is 8.01. The van der Waals surface area contributed by atoms with Crippen molar-refractivity contribution in [1.82, 2.24) is 20.8 Å². The molecule has 1 fully saturated rings. The number of halogens is 4. The summed E-state index contributed by atoms with van der Waals surface area (Å²) >= 11 is 6.18. The quantitative estimate of drug-likeness (QED) is 0.655. The standard InChI is InChI=1S/C17H15ClF3N5O2/c18-12-6-10(19)2-3-11(12)17(4-1-5-17)24-16-22-7-9(8-23-16)14(27)25-26-15(28)13(20)21/h2-3,6-8,13H,1,4-5H2,(H,25,27)(H,26,28)(H,22,23,24). The van der Waals surface area contributed by atoms with Crippen molar-refractivity contribution in [3.8, 4) is 0 Å². The van der Waals surface area contributed by atoms with Gasteiger partial charge in [0.05, 0.1) is 11.1 Å². The molecule has 28 heavy (non-hydrogen) atoms. The number of hydrogen-bond acceptors (Lipinski definition) is 5. The van der Waals surface area contributed by atoms with Gasteiger partial charge in [0.25, 0.3) is 5.91 Å². The van der Waals surface area contributed by atoms with Gasteiger partial charge in [0.15, 0.2) is 0 Å². The van der Waals surface area contributed by atoms with Crippen LogP contribution < -0.4 is 16.2 Å². The highest BCUT2D eigenvalue weighted by Crippen LogP contribution is 2.46. The monoisotopic (exact) mass is 413 g/mol. The molecule has 1 aromatic carbocycles. The number of anilines is 1. The molecule has 0 radical (unpaired) electrons. The topological polar surface area (TPSA) is 96.0 Å². The Kier molecular flexibility index (Phi) is 5.68. The third kappa shape index (κ3) is 4.16. The molecule has 0 aliphatic heterocycles. The van der Waals surface area contributed by atoms with Gasteiger partial charge in [0.1, 0.15) is 5.82 Å². The van der Waals surface area contributed by atoms with Gasteiger partial charge in [-0.05, 0) is 37.0 Å². The lowest BCUT2D eigenvalue weighted by Gasteiger charge is -2.43. The van der Waals surface area contributed by atoms with Crippen LogP contribution in [-0.4, -0.2) is 28.2 Å². The van der Waals surface area contributed by atoms with Crippen molar-refractivity contribution in [2.45, 2.75) is 31.2 Å². The summed E-state index contributed by atoms with van der Waals surface area (Å²) in [6.45, 7) is 0. The van der Waals surface area contributed by atoms with Crippen molar-refractivity contribution in [2.75, 3.05) is 5.32 Å². The van der Waals surface area contributed by atoms with E-state index in [9.17, 15) is 22.8 Å². The van der Waals surface area contributed by atoms with Gasteiger partial charge < -0.3 is 5.32 Å². The Hall–Kier alpha value is -2.88. The first kappa shape index (κ1) is 19.9. The minimum Gasteiger partial charge on any atom is -0.345 e. The SMILES string of the molecule is O=C(NNC(=O)C(F)F)c1cnc(NC2(c3ccc(F)cc3Cl)CCC2)nc1. The minimum atomic E-state index is -3.25. The Morgan fingerprint density at radius 2 is 1.82 bits per heavy atom. The number of nitrogens with zero attached hydrogens (tertiary/aromatic N) is 2. The summed E-state index contributed by atoms with van der Waals surface area (Å²) in [6, 6.07) is 4.17. The summed E-state index contributed by atoms with van der Waals surface area (Å²) in [4.78, 5) is 30.7. The predicted molar refractivity (Wildman–Crippen MR) is 94.2 cm³/mol. The zero-order valence-electron chi connectivity index (χ0n) is 14.3. The average Bonchev–Trinajstić information content (AvgIpc) is 2.63. The maximum Gasteiger partial charge on any atom is 0.317 e. The van der Waals surface area contributed by atoms with E-state index >= 15 is 0 Å². The Bertz CT molecular complexity index is 891. The van der Waals surface area contributed by atoms with E-state index in [-0.39, 0.29) is 16.5 Å². The molecule has 0 atom stereocenters. The lowest BCUT2D eigenvalue weighted by Crippen LogP contribution is -2.44. The molecule has 1 aliphatic carbocycles. The van der Waals surface area contributed by atoms with E-state index in [1.54, 1.807) is 11.5 Å². The average molecular weight is 414 g/mol. The molecule has 3 N–H and O–H groups in total. The molecule has 0 spiro atoms. The first-order valence-corrected chi connectivity index (χ1v) is 8.63. The number of rotatable bonds is 5. The fraction of sp³-hybridized carbons (Fsp3) is 0.294. The van der Waals surface area contributed by atoms with E-state index in [4.69, 9.17) is 11.6 Å². The lowest BCUT2D eigenvalue weighted by atomic mass is 9.72. The highest BCUT2D eigenvalue weighted by atomic mass is 35.5. The molecule has 0 saturated heterocycles. The van der Waals surface area contributed by atoms with E-state index < -0.39 is 29.6 Å². The number of carbonyl (C=O) groups excluding carboxylic acids is 2. The Balaban J connectivity index is 1.69. The van der Waals surface area contributed by atoms with Crippen LogP contribution in [0.1, 0.15) is 35.2 Å². The maximum atomic E-state index is 13.3. The molecule has 11 heteroatoms. The fourth-order valence-electron chi connectivity index (χ4n) is 2.84. The molecule has 1 aromatic heterocycles. The third-order valence-corrected chi connectivity index (χ3v) is 4.73. The third-order valence-electron chi connectivity index (χ3n) is 4.42. The number of amides is 2.